The highest BCUT2D eigenvalue weighted by atomic mass is 79.9. The van der Waals surface area contributed by atoms with Crippen molar-refractivity contribution in [2.24, 2.45) is 0 Å². The molecule has 0 amide bonds. The van der Waals surface area contributed by atoms with Crippen LogP contribution in [0.2, 0.25) is 0 Å². The molecule has 0 aliphatic heterocycles. The molecule has 0 unspecified atom stereocenters. The molecule has 2 rings (SSSR count). The number of benzene rings is 2. The summed E-state index contributed by atoms with van der Waals surface area (Å²) in [6.07, 6.45) is 0. The van der Waals surface area contributed by atoms with Gasteiger partial charge in [0.2, 0.25) is 0 Å². The molecule has 0 aliphatic rings. The van der Waals surface area contributed by atoms with Gasteiger partial charge in [0.1, 0.15) is 0 Å². The lowest BCUT2D eigenvalue weighted by Crippen LogP contribution is -1.80. The van der Waals surface area contributed by atoms with Crippen LogP contribution in [0, 0.1) is 0 Å². The van der Waals surface area contributed by atoms with E-state index in [1.165, 1.54) is 11.1 Å². The highest BCUT2D eigenvalue weighted by Crippen LogP contribution is 2.32. The van der Waals surface area contributed by atoms with Gasteiger partial charge in [-0.15, -0.1) is 17.0 Å². The molecule has 16 heavy (non-hydrogen) atoms. The van der Waals surface area contributed by atoms with E-state index in [0.717, 1.165) is 8.95 Å². The van der Waals surface area contributed by atoms with Gasteiger partial charge in [-0.1, -0.05) is 68.3 Å². The Morgan fingerprint density at radius 2 is 0.938 bits per heavy atom. The minimum Gasteiger partial charge on any atom is -0.114 e. The van der Waals surface area contributed by atoms with E-state index < -0.39 is 0 Å². The molecule has 0 N–H and O–H groups in total. The van der Waals surface area contributed by atoms with E-state index in [1.54, 1.807) is 0 Å². The molecular formula is C12H11Br3Mg. The van der Waals surface area contributed by atoms with Crippen LogP contribution < -0.4 is 0 Å². The molecule has 0 aliphatic carbocycles. The minimum absolute atomic E-state index is 0. The van der Waals surface area contributed by atoms with Gasteiger partial charge in [-0.05, 0) is 23.3 Å². The summed E-state index contributed by atoms with van der Waals surface area (Å²) in [5.74, 6) is 0. The Morgan fingerprint density at radius 1 is 0.625 bits per heavy atom. The summed E-state index contributed by atoms with van der Waals surface area (Å²) in [6, 6.07) is 16.4. The molecule has 0 radical (unpaired) electrons. The van der Waals surface area contributed by atoms with E-state index >= 15 is 0 Å². The van der Waals surface area contributed by atoms with Crippen molar-refractivity contribution in [3.63, 3.8) is 0 Å². The maximum absolute atomic E-state index is 3.55. The van der Waals surface area contributed by atoms with Gasteiger partial charge in [0.15, 0.2) is 0 Å². The predicted octanol–water partition coefficient (Wildman–Crippen LogP) is 4.54. The zero-order valence-electron chi connectivity index (χ0n) is 7.78. The average Bonchev–Trinajstić information content (AvgIpc) is 2.20. The van der Waals surface area contributed by atoms with Crippen molar-refractivity contribution in [3.05, 3.63) is 57.5 Å². The predicted molar refractivity (Wildman–Crippen MR) is 86.1 cm³/mol. The van der Waals surface area contributed by atoms with Gasteiger partial charge in [0.05, 0.1) is 0 Å². The van der Waals surface area contributed by atoms with Crippen LogP contribution in [0.3, 0.4) is 0 Å². The van der Waals surface area contributed by atoms with Gasteiger partial charge < -0.3 is 0 Å². The molecule has 0 atom stereocenters. The second-order valence-corrected chi connectivity index (χ2v) is 4.67. The summed E-state index contributed by atoms with van der Waals surface area (Å²) >= 11 is 7.09. The maximum Gasteiger partial charge on any atom is 0.316 e. The Bertz CT molecular complexity index is 414. The lowest BCUT2D eigenvalue weighted by molar-refractivity contribution is 1.56. The van der Waals surface area contributed by atoms with Crippen LogP contribution in [0.15, 0.2) is 57.5 Å². The number of hydrogen-bond acceptors (Lipinski definition) is 0. The Balaban J connectivity index is 0.00000112. The van der Waals surface area contributed by atoms with Gasteiger partial charge in [-0.3, -0.25) is 0 Å². The number of rotatable bonds is 1. The molecule has 0 bridgehead atoms. The first-order valence-electron chi connectivity index (χ1n) is 4.28. The normalized spacial score (nSPS) is 8.88. The quantitative estimate of drug-likeness (QED) is 0.596. The highest BCUT2D eigenvalue weighted by Gasteiger charge is 2.04. The van der Waals surface area contributed by atoms with Crippen molar-refractivity contribution >= 4 is 71.9 Å². The third-order valence-corrected chi connectivity index (χ3v) is 3.42. The van der Waals surface area contributed by atoms with Crippen molar-refractivity contribution in [1.82, 2.24) is 0 Å². The van der Waals surface area contributed by atoms with Gasteiger partial charge in [-0.25, -0.2) is 0 Å². The Morgan fingerprint density at radius 3 is 1.25 bits per heavy atom. The molecule has 2 aromatic carbocycles. The fourth-order valence-electron chi connectivity index (χ4n) is 1.36. The zero-order chi connectivity index (χ0) is 9.97. The lowest BCUT2D eigenvalue weighted by Gasteiger charge is -2.06. The van der Waals surface area contributed by atoms with Crippen LogP contribution in [-0.2, 0) is 0 Å². The molecule has 0 fully saturated rings. The topological polar surface area (TPSA) is 0 Å². The summed E-state index contributed by atoms with van der Waals surface area (Å²) in [5.41, 5.74) is 2.42. The first-order valence-corrected chi connectivity index (χ1v) is 5.87. The Labute approximate surface area is 139 Å². The Hall–Kier alpha value is 0.646. The Kier molecular flexibility index (Phi) is 8.19. The van der Waals surface area contributed by atoms with Crippen molar-refractivity contribution < 1.29 is 0 Å². The molecule has 82 valence electrons. The van der Waals surface area contributed by atoms with E-state index in [4.69, 9.17) is 0 Å². The van der Waals surface area contributed by atoms with Crippen LogP contribution in [0.4, 0.5) is 0 Å². The molecule has 2 aromatic rings. The van der Waals surface area contributed by atoms with E-state index in [2.05, 4.69) is 56.1 Å². The van der Waals surface area contributed by atoms with Crippen LogP contribution in [0.1, 0.15) is 0 Å². The van der Waals surface area contributed by atoms with Gasteiger partial charge >= 0.3 is 23.1 Å². The molecular weight excluding hydrogens is 408 g/mol. The summed E-state index contributed by atoms with van der Waals surface area (Å²) in [6.45, 7) is 0. The lowest BCUT2D eigenvalue weighted by atomic mass is 10.1. The molecule has 0 spiro atoms. The largest absolute Gasteiger partial charge is 0.316 e. The zero-order valence-corrected chi connectivity index (χ0v) is 12.7. The van der Waals surface area contributed by atoms with E-state index in [-0.39, 0.29) is 40.0 Å². The van der Waals surface area contributed by atoms with Gasteiger partial charge in [0, 0.05) is 8.95 Å². The van der Waals surface area contributed by atoms with Crippen LogP contribution in [0.25, 0.3) is 11.1 Å². The van der Waals surface area contributed by atoms with Crippen LogP contribution >= 0.6 is 48.8 Å². The number of hydrogen-bond donors (Lipinski definition) is 0. The third-order valence-electron chi connectivity index (χ3n) is 2.04. The second-order valence-electron chi connectivity index (χ2n) is 2.96. The van der Waals surface area contributed by atoms with Crippen molar-refractivity contribution in [2.75, 3.05) is 0 Å². The molecule has 0 saturated carbocycles. The molecule has 4 heteroatoms. The average molecular weight is 419 g/mol. The monoisotopic (exact) mass is 416 g/mol. The van der Waals surface area contributed by atoms with E-state index in [1.807, 2.05) is 24.3 Å². The van der Waals surface area contributed by atoms with Crippen LogP contribution in [-0.4, -0.2) is 23.1 Å². The van der Waals surface area contributed by atoms with Gasteiger partial charge in [0.25, 0.3) is 0 Å². The fourth-order valence-corrected chi connectivity index (χ4v) is 2.36. The standard InChI is InChI=1S/C12H8Br2.BrH.Mg.2H/c13-11-7-3-1-5-9(11)10-6-2-4-8-12(10)14;;;;/h1-8H;1H;;;. The SMILES string of the molecule is Br.Brc1ccccc1-c1ccccc1Br.[MgH2]. The second kappa shape index (κ2) is 7.87. The molecule has 0 aromatic heterocycles. The van der Waals surface area contributed by atoms with E-state index in [0.29, 0.717) is 0 Å². The fraction of sp³-hybridized carbons (Fsp3) is 0. The molecule has 0 heterocycles. The van der Waals surface area contributed by atoms with Crippen molar-refractivity contribution in [1.29, 1.82) is 0 Å². The third kappa shape index (κ3) is 3.84. The first kappa shape index (κ1) is 16.6. The highest BCUT2D eigenvalue weighted by molar-refractivity contribution is 9.11. The van der Waals surface area contributed by atoms with Crippen molar-refractivity contribution in [3.8, 4) is 11.1 Å². The summed E-state index contributed by atoms with van der Waals surface area (Å²) < 4.78 is 2.24. The molecule has 0 saturated heterocycles. The summed E-state index contributed by atoms with van der Waals surface area (Å²) in [5, 5.41) is 0. The molecule has 0 nitrogen and oxygen atoms in total. The number of halogens is 3. The van der Waals surface area contributed by atoms with Crippen molar-refractivity contribution in [2.45, 2.75) is 0 Å². The minimum atomic E-state index is 0. The van der Waals surface area contributed by atoms with Crippen LogP contribution in [0.5, 0.6) is 0 Å². The van der Waals surface area contributed by atoms with E-state index in [9.17, 15) is 0 Å². The maximum atomic E-state index is 3.55. The van der Waals surface area contributed by atoms with Gasteiger partial charge in [-0.2, -0.15) is 0 Å². The first-order chi connectivity index (χ1) is 6.79. The smallest absolute Gasteiger partial charge is 0.114 e. The summed E-state index contributed by atoms with van der Waals surface area (Å²) in [4.78, 5) is 0. The summed E-state index contributed by atoms with van der Waals surface area (Å²) in [7, 11) is 0.